The molecule has 0 spiro atoms. The summed E-state index contributed by atoms with van der Waals surface area (Å²) in [4.78, 5) is 20.2. The zero-order chi connectivity index (χ0) is 97.1. The highest BCUT2D eigenvalue weighted by molar-refractivity contribution is 7.28. The van der Waals surface area contributed by atoms with Crippen LogP contribution >= 0.6 is 22.7 Å². The van der Waals surface area contributed by atoms with E-state index in [2.05, 4.69) is 507 Å². The van der Waals surface area contributed by atoms with E-state index in [1.165, 1.54) is 172 Å². The van der Waals surface area contributed by atoms with Gasteiger partial charge in [-0.3, -0.25) is 4.57 Å². The zero-order valence-corrected chi connectivity index (χ0v) is 81.5. The van der Waals surface area contributed by atoms with Gasteiger partial charge in [0.2, 0.25) is 5.95 Å². The summed E-state index contributed by atoms with van der Waals surface area (Å²) in [6.45, 7) is 0. The summed E-state index contributed by atoms with van der Waals surface area (Å²) in [5.74, 6) is 1.87. The first-order valence-corrected chi connectivity index (χ1v) is 52.0. The predicted octanol–water partition coefficient (Wildman–Crippen LogP) is 37.9. The predicted molar refractivity (Wildman–Crippen MR) is 625 cm³/mol. The number of aromatic nitrogens is 7. The fourth-order valence-electron chi connectivity index (χ4n) is 23.8. The minimum absolute atomic E-state index is 0.592. The van der Waals surface area contributed by atoms with Crippen molar-refractivity contribution in [3.63, 3.8) is 0 Å². The van der Waals surface area contributed by atoms with Gasteiger partial charge in [-0.05, 0) is 230 Å². The van der Waals surface area contributed by atoms with Crippen LogP contribution < -0.4 is 9.80 Å². The van der Waals surface area contributed by atoms with Gasteiger partial charge in [-0.25, -0.2) is 4.98 Å². The molecule has 1 aromatic heterocycles. The average Bonchev–Trinajstić information content (AvgIpc) is 1.47. The number of rotatable bonds is 14. The Kier molecular flexibility index (Phi) is 19.6. The van der Waals surface area contributed by atoms with E-state index in [-0.39, 0.29) is 0 Å². The molecule has 0 saturated carbocycles. The molecule has 0 unspecified atom stereocenters. The lowest BCUT2D eigenvalue weighted by molar-refractivity contribution is 0.948. The molecular weight excluding hydrogens is 1840 g/mol. The van der Waals surface area contributed by atoms with Gasteiger partial charge in [-0.2, -0.15) is 9.97 Å². The van der Waals surface area contributed by atoms with Crippen LogP contribution in [-0.4, -0.2) is 33.2 Å². The van der Waals surface area contributed by atoms with Gasteiger partial charge in [-0.15, -0.1) is 22.7 Å². The second kappa shape index (κ2) is 34.3. The topological polar surface area (TPSA) is 64.9 Å². The van der Waals surface area contributed by atoms with E-state index in [0.29, 0.717) is 17.6 Å². The van der Waals surface area contributed by atoms with Gasteiger partial charge >= 0.3 is 0 Å². The SMILES string of the molecule is c1ccc(-c2nc(-c3ccccc3)nc(-n3c4ccc5cccc6c5c4-c4c5c(cccc53)ccc4n6-c3ccccc3)n2)cc1.c1ccc(N(c2ccccc2)c2cc3c4c5c2cccc5n(-c2ccccc2)c2ccc5c(N(c6ccccc6)c6ccccc6)ccc(c5c2-4)n3-c2ccccc2)cc1.c1ccc2cc(-c3cc4cccc5sc6c(-c7ccc8ccccc8c7)cc7cccc8sc3c(c45)-c6c78)ccc2c1. The molecule has 9 nitrogen and oxygen atoms in total. The van der Waals surface area contributed by atoms with Crippen molar-refractivity contribution in [3.05, 3.63) is 516 Å². The highest BCUT2D eigenvalue weighted by Crippen LogP contribution is 2.60. The summed E-state index contributed by atoms with van der Waals surface area (Å²) >= 11 is 3.89. The number of para-hydroxylation sites is 7. The molecule has 6 aliphatic rings. The van der Waals surface area contributed by atoms with E-state index in [1.54, 1.807) is 0 Å². The van der Waals surface area contributed by atoms with Crippen LogP contribution in [0.1, 0.15) is 0 Å². The van der Waals surface area contributed by atoms with Gasteiger partial charge in [0.1, 0.15) is 0 Å². The maximum Gasteiger partial charge on any atom is 0.238 e. The molecule has 25 aromatic carbocycles. The van der Waals surface area contributed by atoms with Gasteiger partial charge in [0.05, 0.1) is 55.5 Å². The van der Waals surface area contributed by atoms with Gasteiger partial charge in [0.25, 0.3) is 0 Å². The van der Waals surface area contributed by atoms with Crippen molar-refractivity contribution in [2.75, 3.05) is 9.80 Å². The highest BCUT2D eigenvalue weighted by atomic mass is 32.1. The third-order valence-corrected chi connectivity index (χ3v) is 32.4. The lowest BCUT2D eigenvalue weighted by Gasteiger charge is -2.33. The molecule has 0 amide bonds. The van der Waals surface area contributed by atoms with Crippen molar-refractivity contribution in [1.29, 1.82) is 0 Å². The highest BCUT2D eigenvalue weighted by Gasteiger charge is 2.35. The van der Waals surface area contributed by atoms with Crippen LogP contribution in [-0.2, 0) is 0 Å². The van der Waals surface area contributed by atoms with Crippen molar-refractivity contribution in [3.8, 4) is 101 Å². The Bertz CT molecular complexity index is 10300. The minimum atomic E-state index is 0.592. The van der Waals surface area contributed by atoms with E-state index >= 15 is 0 Å². The van der Waals surface area contributed by atoms with Crippen LogP contribution in [0.25, 0.3) is 251 Å². The quantitative estimate of drug-likeness (QED) is 0.0802. The zero-order valence-electron chi connectivity index (χ0n) is 79.9. The second-order valence-electron chi connectivity index (χ2n) is 38.3. The molecule has 0 fully saturated rings. The number of hydrogen-bond acceptors (Lipinski definition) is 7. The Morgan fingerprint density at radius 2 is 0.507 bits per heavy atom. The maximum absolute atomic E-state index is 5.18. The largest absolute Gasteiger partial charge is 0.310 e. The molecule has 11 heteroatoms. The Hall–Kier alpha value is -19.2. The molecule has 26 aromatic rings. The summed E-state index contributed by atoms with van der Waals surface area (Å²) in [6, 6.07) is 186. The molecular formula is C137H85N9S2. The summed E-state index contributed by atoms with van der Waals surface area (Å²) in [5.41, 5.74) is 34.0. The number of benzene rings is 25. The van der Waals surface area contributed by atoms with E-state index < -0.39 is 0 Å². The number of pyridine rings is 4. The van der Waals surface area contributed by atoms with Crippen LogP contribution in [0.4, 0.5) is 34.1 Å². The monoisotopic (exact) mass is 1920 g/mol. The summed E-state index contributed by atoms with van der Waals surface area (Å²) < 4.78 is 15.1. The Labute approximate surface area is 859 Å². The molecule has 0 bridgehead atoms. The molecule has 0 aliphatic carbocycles. The second-order valence-corrected chi connectivity index (χ2v) is 40.4. The molecule has 0 atom stereocenters. The van der Waals surface area contributed by atoms with E-state index in [9.17, 15) is 0 Å². The lowest BCUT2D eigenvalue weighted by atomic mass is 9.85. The number of nitrogens with zero attached hydrogens (tertiary/aromatic N) is 9. The lowest BCUT2D eigenvalue weighted by Crippen LogP contribution is -2.15. The summed E-state index contributed by atoms with van der Waals surface area (Å²) in [5, 5.41) is 20.2. The Balaban J connectivity index is 0.000000104. The minimum Gasteiger partial charge on any atom is -0.310 e. The van der Waals surface area contributed by atoms with Crippen molar-refractivity contribution in [2.45, 2.75) is 0 Å². The third-order valence-electron chi connectivity index (χ3n) is 30.1. The van der Waals surface area contributed by atoms with Crippen LogP contribution in [0.2, 0.25) is 0 Å². The molecule has 0 N–H and O–H groups in total. The number of hydrogen-bond donors (Lipinski definition) is 0. The van der Waals surface area contributed by atoms with Gasteiger partial charge < -0.3 is 23.5 Å². The molecule has 32 rings (SSSR count). The standard InChI is InChI=1S/C56H38N4.C41H25N5.C40H22S2/c1-7-20-39(21-8-1)57(40-22-9-2-10-23-40)47-36-37-49-54-46(47)34-35-50-55(54)56-52(60(49)44-30-17-6-18-31-44)38-51(58(41-24-11-3-12-25-41)42-26-13-4-14-27-42)45-32-19-33-48(53(45)56)59(50)43-28-15-5-16-29-43;1-4-12-28(13-5-1)39-42-40(29-14-6-2-7-15-29)44-41(43-39)46-32-21-11-17-27-22-24-33-37(36(27)32)38-34(46)25-23-26-16-10-20-31(35(26)38)45(33)30-18-8-3-9-19-30;1-3-9-25-19-27(17-15-23(25)7-1)31-21-29-11-5-14-34-35(29)37-38-36-30(12-6-13-33(36)41-39(31)37)22-32(40(38)42-34)28-18-16-24-8-2-4-10-26(24)20-28/h1-38H;1-25H;1-22H. The first kappa shape index (κ1) is 84.5. The van der Waals surface area contributed by atoms with Crippen LogP contribution in [0.5, 0.6) is 0 Å². The number of anilines is 6. The van der Waals surface area contributed by atoms with Crippen molar-refractivity contribution < 1.29 is 0 Å². The van der Waals surface area contributed by atoms with Crippen molar-refractivity contribution in [1.82, 2.24) is 33.2 Å². The number of fused-ring (bicyclic) bond motifs is 2. The molecule has 0 radical (unpaired) electrons. The summed E-state index contributed by atoms with van der Waals surface area (Å²) in [7, 11) is 0. The van der Waals surface area contributed by atoms with E-state index in [0.717, 1.165) is 95.4 Å². The van der Waals surface area contributed by atoms with Gasteiger partial charge in [0, 0.05) is 157 Å². The van der Waals surface area contributed by atoms with E-state index in [4.69, 9.17) is 15.0 Å². The van der Waals surface area contributed by atoms with Crippen LogP contribution in [0.15, 0.2) is 516 Å². The molecule has 7 heterocycles. The Morgan fingerprint density at radius 1 is 0.182 bits per heavy atom. The molecule has 6 aliphatic heterocycles. The first-order valence-electron chi connectivity index (χ1n) is 50.4. The Morgan fingerprint density at radius 3 is 0.966 bits per heavy atom. The van der Waals surface area contributed by atoms with Crippen LogP contribution in [0, 0.1) is 0 Å². The fraction of sp³-hybridized carbons (Fsp3) is 0. The van der Waals surface area contributed by atoms with E-state index in [1.807, 2.05) is 59.1 Å². The van der Waals surface area contributed by atoms with Crippen molar-refractivity contribution >= 4 is 206 Å². The maximum atomic E-state index is 5.18. The first-order chi connectivity index (χ1) is 73.5. The normalized spacial score (nSPS) is 11.9. The molecule has 690 valence electrons. The average molecular weight is 1920 g/mol. The van der Waals surface area contributed by atoms with Crippen LogP contribution in [0.3, 0.4) is 0 Å². The molecule has 0 saturated heterocycles. The van der Waals surface area contributed by atoms with Gasteiger partial charge in [0.15, 0.2) is 11.6 Å². The fourth-order valence-corrected chi connectivity index (χ4v) is 26.4. The molecule has 148 heavy (non-hydrogen) atoms. The summed E-state index contributed by atoms with van der Waals surface area (Å²) in [6.07, 6.45) is 0. The van der Waals surface area contributed by atoms with Crippen molar-refractivity contribution in [2.24, 2.45) is 0 Å². The third kappa shape index (κ3) is 13.4. The van der Waals surface area contributed by atoms with Gasteiger partial charge in [-0.1, -0.05) is 340 Å². The smallest absolute Gasteiger partial charge is 0.238 e.